The van der Waals surface area contributed by atoms with E-state index in [-0.39, 0.29) is 23.1 Å². The molecule has 0 saturated carbocycles. The van der Waals surface area contributed by atoms with Gasteiger partial charge in [0.1, 0.15) is 18.0 Å². The predicted octanol–water partition coefficient (Wildman–Crippen LogP) is 2.80. The third kappa shape index (κ3) is 4.25. The molecule has 1 saturated heterocycles. The van der Waals surface area contributed by atoms with Gasteiger partial charge in [-0.05, 0) is 29.3 Å². The zero-order chi connectivity index (χ0) is 23.8. The molecule has 2 amide bonds. The highest BCUT2D eigenvalue weighted by Gasteiger charge is 2.34. The average molecular weight is 492 g/mol. The number of halogens is 4. The van der Waals surface area contributed by atoms with Crippen molar-refractivity contribution in [1.82, 2.24) is 34.6 Å². The zero-order valence-electron chi connectivity index (χ0n) is 17.5. The lowest BCUT2D eigenvalue weighted by atomic mass is 10.0. The van der Waals surface area contributed by atoms with E-state index in [9.17, 15) is 18.0 Å². The van der Waals surface area contributed by atoms with E-state index in [1.807, 2.05) is 0 Å². The molecular weight excluding hydrogens is 475 g/mol. The summed E-state index contributed by atoms with van der Waals surface area (Å²) >= 11 is 5.71. The molecule has 1 fully saturated rings. The second-order valence-corrected chi connectivity index (χ2v) is 7.99. The van der Waals surface area contributed by atoms with Crippen LogP contribution in [0.3, 0.4) is 0 Å². The summed E-state index contributed by atoms with van der Waals surface area (Å²) < 4.78 is 42.7. The van der Waals surface area contributed by atoms with Gasteiger partial charge in [-0.25, -0.2) is 32.9 Å². The van der Waals surface area contributed by atoms with Crippen LogP contribution in [0.15, 0.2) is 35.8 Å². The molecule has 0 spiro atoms. The summed E-state index contributed by atoms with van der Waals surface area (Å²) in [6.45, 7) is 1.40. The predicted molar refractivity (Wildman–Crippen MR) is 115 cm³/mol. The standard InChI is InChI=1S/C20H17ClF3N9O/c21-18-26-11-32(29-18)17-15(24)10-25-19(28-17)30-3-5-31(6-4-30)20(34)33-16(1-2-27-33)12-7-13(22)9-14(23)8-12/h2,7-11,16H,1,3-6H2/t16-/m0/s1. The van der Waals surface area contributed by atoms with Crippen molar-refractivity contribution in [2.24, 2.45) is 5.10 Å². The van der Waals surface area contributed by atoms with Crippen molar-refractivity contribution < 1.29 is 18.0 Å². The largest absolute Gasteiger partial charge is 0.341 e. The summed E-state index contributed by atoms with van der Waals surface area (Å²) in [4.78, 5) is 28.5. The fraction of sp³-hybridized carbons (Fsp3) is 0.300. The van der Waals surface area contributed by atoms with Gasteiger partial charge in [0, 0.05) is 44.9 Å². The van der Waals surface area contributed by atoms with Crippen LogP contribution in [0, 0.1) is 17.5 Å². The van der Waals surface area contributed by atoms with Crippen molar-refractivity contribution in [2.75, 3.05) is 31.1 Å². The Balaban J connectivity index is 1.27. The molecule has 10 nitrogen and oxygen atoms in total. The Bertz CT molecular complexity index is 1240. The van der Waals surface area contributed by atoms with Crippen molar-refractivity contribution in [3.8, 4) is 5.82 Å². The van der Waals surface area contributed by atoms with E-state index in [0.29, 0.717) is 38.2 Å². The zero-order valence-corrected chi connectivity index (χ0v) is 18.3. The fourth-order valence-electron chi connectivity index (χ4n) is 3.89. The molecular formula is C20H17ClF3N9O. The highest BCUT2D eigenvalue weighted by atomic mass is 35.5. The topological polar surface area (TPSA) is 95.6 Å². The summed E-state index contributed by atoms with van der Waals surface area (Å²) in [5, 5.41) is 9.18. The Labute approximate surface area is 196 Å². The highest BCUT2D eigenvalue weighted by molar-refractivity contribution is 6.28. The number of carbonyl (C=O) groups excluding carboxylic acids is 1. The van der Waals surface area contributed by atoms with Crippen molar-refractivity contribution in [3.05, 3.63) is 59.0 Å². The van der Waals surface area contributed by atoms with Crippen LogP contribution in [0.4, 0.5) is 23.9 Å². The van der Waals surface area contributed by atoms with Gasteiger partial charge in [0.05, 0.1) is 12.2 Å². The Kier molecular flexibility index (Phi) is 5.77. The lowest BCUT2D eigenvalue weighted by Crippen LogP contribution is -2.52. The molecule has 4 heterocycles. The van der Waals surface area contributed by atoms with Gasteiger partial charge >= 0.3 is 6.03 Å². The van der Waals surface area contributed by atoms with E-state index in [2.05, 4.69) is 25.2 Å². The van der Waals surface area contributed by atoms with Crippen LogP contribution in [0.25, 0.3) is 5.82 Å². The van der Waals surface area contributed by atoms with E-state index in [0.717, 1.165) is 16.9 Å². The lowest BCUT2D eigenvalue weighted by molar-refractivity contribution is 0.139. The number of anilines is 1. The molecule has 0 bridgehead atoms. The van der Waals surface area contributed by atoms with Gasteiger partial charge in [0.15, 0.2) is 11.6 Å². The van der Waals surface area contributed by atoms with Gasteiger partial charge in [-0.3, -0.25) is 0 Å². The number of nitrogens with zero attached hydrogens (tertiary/aromatic N) is 9. The van der Waals surface area contributed by atoms with Crippen LogP contribution in [0.2, 0.25) is 5.28 Å². The third-order valence-corrected chi connectivity index (χ3v) is 5.70. The molecule has 2 aliphatic heterocycles. The van der Waals surface area contributed by atoms with Crippen molar-refractivity contribution in [1.29, 1.82) is 0 Å². The second kappa shape index (κ2) is 8.89. The summed E-state index contributed by atoms with van der Waals surface area (Å²) in [5.41, 5.74) is 0.336. The summed E-state index contributed by atoms with van der Waals surface area (Å²) in [5.74, 6) is -1.95. The molecule has 0 radical (unpaired) electrons. The molecule has 34 heavy (non-hydrogen) atoms. The smallest absolute Gasteiger partial charge is 0.337 e. The maximum Gasteiger partial charge on any atom is 0.341 e. The first kappa shape index (κ1) is 22.1. The average Bonchev–Trinajstić information content (AvgIpc) is 3.48. The van der Waals surface area contributed by atoms with Crippen LogP contribution in [0.5, 0.6) is 0 Å². The van der Waals surface area contributed by atoms with Gasteiger partial charge < -0.3 is 9.80 Å². The molecule has 5 rings (SSSR count). The monoisotopic (exact) mass is 491 g/mol. The SMILES string of the molecule is O=C(N1CCN(c2ncc(F)c(-n3cnc(Cl)n3)n2)CC1)N1N=CC[C@H]1c1cc(F)cc(F)c1. The maximum absolute atomic E-state index is 14.2. The van der Waals surface area contributed by atoms with Gasteiger partial charge in [0.25, 0.3) is 0 Å². The number of hydrogen-bond acceptors (Lipinski definition) is 7. The number of amides is 2. The highest BCUT2D eigenvalue weighted by Crippen LogP contribution is 2.30. The number of hydrazone groups is 1. The molecule has 2 aliphatic rings. The number of benzene rings is 1. The molecule has 3 aromatic rings. The van der Waals surface area contributed by atoms with Crippen molar-refractivity contribution in [2.45, 2.75) is 12.5 Å². The molecule has 0 N–H and O–H groups in total. The molecule has 0 unspecified atom stereocenters. The van der Waals surface area contributed by atoms with Crippen LogP contribution < -0.4 is 4.90 Å². The van der Waals surface area contributed by atoms with E-state index >= 15 is 0 Å². The first-order valence-electron chi connectivity index (χ1n) is 10.3. The molecule has 176 valence electrons. The Morgan fingerprint density at radius 3 is 2.44 bits per heavy atom. The van der Waals surface area contributed by atoms with E-state index in [1.54, 1.807) is 16.0 Å². The van der Waals surface area contributed by atoms with E-state index in [1.165, 1.54) is 23.5 Å². The number of aromatic nitrogens is 5. The minimum absolute atomic E-state index is 0.0458. The van der Waals surface area contributed by atoms with Gasteiger partial charge in [-0.1, -0.05) is 0 Å². The fourth-order valence-corrected chi connectivity index (χ4v) is 4.02. The number of urea groups is 1. The molecule has 1 aromatic carbocycles. The Morgan fingerprint density at radius 1 is 1.03 bits per heavy atom. The minimum atomic E-state index is -0.713. The third-order valence-electron chi connectivity index (χ3n) is 5.52. The second-order valence-electron chi connectivity index (χ2n) is 7.65. The summed E-state index contributed by atoms with van der Waals surface area (Å²) in [7, 11) is 0. The van der Waals surface area contributed by atoms with Crippen LogP contribution in [-0.2, 0) is 0 Å². The van der Waals surface area contributed by atoms with Crippen molar-refractivity contribution in [3.63, 3.8) is 0 Å². The Morgan fingerprint density at radius 2 is 1.76 bits per heavy atom. The van der Waals surface area contributed by atoms with Crippen LogP contribution >= 0.6 is 11.6 Å². The van der Waals surface area contributed by atoms with Crippen LogP contribution in [-0.4, -0.2) is 73.1 Å². The Hall–Kier alpha value is -3.74. The summed E-state index contributed by atoms with van der Waals surface area (Å²) in [6, 6.07) is 2.22. The molecule has 0 aliphatic carbocycles. The van der Waals surface area contributed by atoms with E-state index in [4.69, 9.17) is 11.6 Å². The quantitative estimate of drug-likeness (QED) is 0.559. The first-order chi connectivity index (χ1) is 16.4. The number of rotatable bonds is 3. The molecule has 14 heteroatoms. The minimum Gasteiger partial charge on any atom is -0.337 e. The lowest BCUT2D eigenvalue weighted by Gasteiger charge is -2.37. The van der Waals surface area contributed by atoms with Gasteiger partial charge in [-0.15, -0.1) is 5.10 Å². The van der Waals surface area contributed by atoms with E-state index < -0.39 is 23.5 Å². The first-order valence-corrected chi connectivity index (χ1v) is 10.7. The van der Waals surface area contributed by atoms with Crippen molar-refractivity contribution >= 4 is 29.8 Å². The number of hydrogen-bond donors (Lipinski definition) is 0. The number of carbonyl (C=O) groups is 1. The molecule has 2 aromatic heterocycles. The number of piperazine rings is 1. The molecule has 1 atom stereocenters. The normalized spacial score (nSPS) is 18.1. The van der Waals surface area contributed by atoms with Gasteiger partial charge in [0.2, 0.25) is 11.2 Å². The van der Waals surface area contributed by atoms with Crippen LogP contribution in [0.1, 0.15) is 18.0 Å². The summed E-state index contributed by atoms with van der Waals surface area (Å²) in [6.07, 6.45) is 4.18. The maximum atomic E-state index is 14.2. The van der Waals surface area contributed by atoms with Gasteiger partial charge in [-0.2, -0.15) is 14.8 Å².